The highest BCUT2D eigenvalue weighted by atomic mass is 16.5. The average molecular weight is 299 g/mol. The van der Waals surface area contributed by atoms with Crippen molar-refractivity contribution in [3.8, 4) is 5.75 Å². The summed E-state index contributed by atoms with van der Waals surface area (Å²) in [7, 11) is 1.87. The number of anilines is 1. The molecule has 0 fully saturated rings. The quantitative estimate of drug-likeness (QED) is 0.944. The van der Waals surface area contributed by atoms with E-state index in [0.29, 0.717) is 12.2 Å². The molecule has 1 amide bonds. The van der Waals surface area contributed by atoms with E-state index in [1.54, 1.807) is 4.68 Å². The molecule has 0 saturated carbocycles. The molecule has 1 aromatic carbocycles. The molecule has 1 aromatic heterocycles. The van der Waals surface area contributed by atoms with E-state index in [1.165, 1.54) is 0 Å². The van der Waals surface area contributed by atoms with Gasteiger partial charge in [0.1, 0.15) is 11.6 Å². The molecule has 0 aliphatic carbocycles. The Balaban J connectivity index is 1.87. The first-order chi connectivity index (χ1) is 10.6. The highest BCUT2D eigenvalue weighted by Crippen LogP contribution is 2.27. The molecule has 2 aromatic rings. The van der Waals surface area contributed by atoms with Gasteiger partial charge >= 0.3 is 0 Å². The molecule has 0 saturated heterocycles. The number of ether oxygens (including phenoxy) is 1. The standard InChI is InChI=1S/C17H21N3O2/c1-4-13-14(5-2)19-20(3)16(13)18-17(21)12-6-7-15-11(10-12)8-9-22-15/h6-7,10H,4-5,8-9H2,1-3H3,(H,18,21). The molecule has 0 atom stereocenters. The number of hydrogen-bond acceptors (Lipinski definition) is 3. The lowest BCUT2D eigenvalue weighted by Gasteiger charge is -2.09. The highest BCUT2D eigenvalue weighted by molar-refractivity contribution is 6.04. The van der Waals surface area contributed by atoms with E-state index in [4.69, 9.17) is 4.74 Å². The number of carbonyl (C=O) groups is 1. The minimum absolute atomic E-state index is 0.102. The van der Waals surface area contributed by atoms with E-state index < -0.39 is 0 Å². The van der Waals surface area contributed by atoms with Gasteiger partial charge in [0, 0.05) is 24.6 Å². The highest BCUT2D eigenvalue weighted by Gasteiger charge is 2.18. The minimum Gasteiger partial charge on any atom is -0.493 e. The number of hydrogen-bond donors (Lipinski definition) is 1. The number of aromatic nitrogens is 2. The van der Waals surface area contributed by atoms with Crippen LogP contribution in [0.3, 0.4) is 0 Å². The van der Waals surface area contributed by atoms with Crippen LogP contribution in [0.25, 0.3) is 0 Å². The van der Waals surface area contributed by atoms with Gasteiger partial charge in [0.05, 0.1) is 12.3 Å². The van der Waals surface area contributed by atoms with Gasteiger partial charge in [0.25, 0.3) is 5.91 Å². The van der Waals surface area contributed by atoms with Crippen molar-refractivity contribution in [3.63, 3.8) is 0 Å². The maximum absolute atomic E-state index is 12.5. The summed E-state index contributed by atoms with van der Waals surface area (Å²) < 4.78 is 7.24. The maximum Gasteiger partial charge on any atom is 0.256 e. The van der Waals surface area contributed by atoms with Gasteiger partial charge in [0.2, 0.25) is 0 Å². The molecule has 2 heterocycles. The molecular formula is C17H21N3O2. The zero-order chi connectivity index (χ0) is 15.7. The Bertz CT molecular complexity index is 719. The van der Waals surface area contributed by atoms with Gasteiger partial charge in [-0.25, -0.2) is 0 Å². The molecule has 116 valence electrons. The topological polar surface area (TPSA) is 56.2 Å². The second kappa shape index (κ2) is 5.83. The number of nitrogens with zero attached hydrogens (tertiary/aromatic N) is 2. The lowest BCUT2D eigenvalue weighted by Crippen LogP contribution is -2.15. The number of aryl methyl sites for hydroxylation is 2. The number of fused-ring (bicyclic) bond motifs is 1. The molecule has 1 N–H and O–H groups in total. The number of carbonyl (C=O) groups excluding carboxylic acids is 1. The van der Waals surface area contributed by atoms with Crippen molar-refractivity contribution in [2.45, 2.75) is 33.1 Å². The van der Waals surface area contributed by atoms with Crippen molar-refractivity contribution >= 4 is 11.7 Å². The van der Waals surface area contributed by atoms with Crippen LogP contribution in [0.15, 0.2) is 18.2 Å². The van der Waals surface area contributed by atoms with E-state index in [2.05, 4.69) is 24.3 Å². The Morgan fingerprint density at radius 2 is 2.18 bits per heavy atom. The van der Waals surface area contributed by atoms with E-state index >= 15 is 0 Å². The van der Waals surface area contributed by atoms with Gasteiger partial charge in [-0.3, -0.25) is 9.48 Å². The van der Waals surface area contributed by atoms with Gasteiger partial charge in [-0.05, 0) is 36.6 Å². The second-order valence-electron chi connectivity index (χ2n) is 5.48. The summed E-state index contributed by atoms with van der Waals surface area (Å²) >= 11 is 0. The molecule has 1 aliphatic rings. The van der Waals surface area contributed by atoms with Crippen LogP contribution in [0.5, 0.6) is 5.75 Å². The van der Waals surface area contributed by atoms with Crippen LogP contribution in [-0.4, -0.2) is 22.3 Å². The summed E-state index contributed by atoms with van der Waals surface area (Å²) in [6.45, 7) is 4.86. The minimum atomic E-state index is -0.102. The van der Waals surface area contributed by atoms with Crippen LogP contribution >= 0.6 is 0 Å². The van der Waals surface area contributed by atoms with Crippen molar-refractivity contribution < 1.29 is 9.53 Å². The summed E-state index contributed by atoms with van der Waals surface area (Å²) in [4.78, 5) is 12.5. The molecule has 0 bridgehead atoms. The molecule has 0 unspecified atom stereocenters. The third-order valence-corrected chi connectivity index (χ3v) is 4.10. The predicted molar refractivity (Wildman–Crippen MR) is 85.6 cm³/mol. The van der Waals surface area contributed by atoms with Gasteiger partial charge in [0.15, 0.2) is 0 Å². The molecular weight excluding hydrogens is 278 g/mol. The van der Waals surface area contributed by atoms with Crippen LogP contribution in [0.1, 0.15) is 41.0 Å². The second-order valence-corrected chi connectivity index (χ2v) is 5.48. The Kier molecular flexibility index (Phi) is 3.88. The summed E-state index contributed by atoms with van der Waals surface area (Å²) in [6.07, 6.45) is 2.58. The monoisotopic (exact) mass is 299 g/mol. The largest absolute Gasteiger partial charge is 0.493 e. The lowest BCUT2D eigenvalue weighted by molar-refractivity contribution is 0.102. The number of nitrogens with one attached hydrogen (secondary N) is 1. The first-order valence-corrected chi connectivity index (χ1v) is 7.75. The first-order valence-electron chi connectivity index (χ1n) is 7.75. The summed E-state index contributed by atoms with van der Waals surface area (Å²) in [5.41, 5.74) is 3.92. The van der Waals surface area contributed by atoms with Crippen molar-refractivity contribution in [2.75, 3.05) is 11.9 Å². The van der Waals surface area contributed by atoms with E-state index in [9.17, 15) is 4.79 Å². The smallest absolute Gasteiger partial charge is 0.256 e. The third kappa shape index (κ3) is 2.47. The van der Waals surface area contributed by atoms with E-state index in [0.717, 1.165) is 47.7 Å². The lowest BCUT2D eigenvalue weighted by atomic mass is 10.1. The maximum atomic E-state index is 12.5. The summed E-state index contributed by atoms with van der Waals surface area (Å²) in [5.74, 6) is 1.58. The average Bonchev–Trinajstić information content (AvgIpc) is 3.11. The van der Waals surface area contributed by atoms with Crippen LogP contribution in [0.4, 0.5) is 5.82 Å². The summed E-state index contributed by atoms with van der Waals surface area (Å²) in [5, 5.41) is 7.50. The van der Waals surface area contributed by atoms with Crippen molar-refractivity contribution in [1.29, 1.82) is 0 Å². The Morgan fingerprint density at radius 1 is 1.36 bits per heavy atom. The number of rotatable bonds is 4. The SMILES string of the molecule is CCc1nn(C)c(NC(=O)c2ccc3c(c2)CCO3)c1CC. The normalized spacial score (nSPS) is 12.9. The van der Waals surface area contributed by atoms with Crippen LogP contribution in [-0.2, 0) is 26.3 Å². The fourth-order valence-corrected chi connectivity index (χ4v) is 2.94. The van der Waals surface area contributed by atoms with E-state index in [-0.39, 0.29) is 5.91 Å². The zero-order valence-corrected chi connectivity index (χ0v) is 13.3. The third-order valence-electron chi connectivity index (χ3n) is 4.10. The van der Waals surface area contributed by atoms with Crippen LogP contribution in [0, 0.1) is 0 Å². The Labute approximate surface area is 130 Å². The first kappa shape index (κ1) is 14.6. The van der Waals surface area contributed by atoms with Gasteiger partial charge in [-0.15, -0.1) is 0 Å². The van der Waals surface area contributed by atoms with Crippen molar-refractivity contribution in [1.82, 2.24) is 9.78 Å². The van der Waals surface area contributed by atoms with E-state index in [1.807, 2.05) is 25.2 Å². The zero-order valence-electron chi connectivity index (χ0n) is 13.3. The van der Waals surface area contributed by atoms with Crippen LogP contribution < -0.4 is 10.1 Å². The summed E-state index contributed by atoms with van der Waals surface area (Å²) in [6, 6.07) is 5.60. The van der Waals surface area contributed by atoms with Crippen molar-refractivity contribution in [2.24, 2.45) is 7.05 Å². The van der Waals surface area contributed by atoms with Gasteiger partial charge in [-0.2, -0.15) is 5.10 Å². The molecule has 5 heteroatoms. The molecule has 3 rings (SSSR count). The van der Waals surface area contributed by atoms with Gasteiger partial charge < -0.3 is 10.1 Å². The molecule has 22 heavy (non-hydrogen) atoms. The van der Waals surface area contributed by atoms with Gasteiger partial charge in [-0.1, -0.05) is 13.8 Å². The molecule has 5 nitrogen and oxygen atoms in total. The fourth-order valence-electron chi connectivity index (χ4n) is 2.94. The van der Waals surface area contributed by atoms with Crippen molar-refractivity contribution in [3.05, 3.63) is 40.6 Å². The van der Waals surface area contributed by atoms with Crippen LogP contribution in [0.2, 0.25) is 0 Å². The number of benzene rings is 1. The number of amides is 1. The Morgan fingerprint density at radius 3 is 2.91 bits per heavy atom. The molecule has 0 radical (unpaired) electrons. The fraction of sp³-hybridized carbons (Fsp3) is 0.412. The molecule has 0 spiro atoms. The molecule has 1 aliphatic heterocycles. The predicted octanol–water partition coefficient (Wildman–Crippen LogP) is 2.73. The Hall–Kier alpha value is -2.30.